The maximum atomic E-state index is 4.51. The Morgan fingerprint density at radius 1 is 1.60 bits per heavy atom. The Labute approximate surface area is 99.2 Å². The zero-order valence-corrected chi connectivity index (χ0v) is 10.8. The number of rotatable bonds is 6. The highest BCUT2D eigenvalue weighted by Crippen LogP contribution is 2.39. The van der Waals surface area contributed by atoms with Crippen molar-refractivity contribution in [1.82, 2.24) is 9.36 Å². The molecule has 1 N–H and O–H groups in total. The van der Waals surface area contributed by atoms with Crippen LogP contribution < -0.4 is 5.32 Å². The summed E-state index contributed by atoms with van der Waals surface area (Å²) in [6.07, 6.45) is 2.55. The fraction of sp³-hybridized carbons (Fsp3) is 0.800. The summed E-state index contributed by atoms with van der Waals surface area (Å²) < 4.78 is 4.37. The summed E-state index contributed by atoms with van der Waals surface area (Å²) in [4.78, 5) is 4.51. The fourth-order valence-corrected chi connectivity index (χ4v) is 2.78. The second-order valence-corrected chi connectivity index (χ2v) is 6.01. The van der Waals surface area contributed by atoms with Gasteiger partial charge in [-0.3, -0.25) is 0 Å². The third kappa shape index (κ3) is 3.34. The molecule has 1 heterocycles. The number of anilines is 1. The van der Waals surface area contributed by atoms with Crippen LogP contribution >= 0.6 is 23.3 Å². The van der Waals surface area contributed by atoms with Crippen molar-refractivity contribution in [2.75, 3.05) is 16.8 Å². The van der Waals surface area contributed by atoms with Gasteiger partial charge in [0.05, 0.1) is 0 Å². The molecule has 1 aliphatic rings. The number of hydrogen-bond donors (Lipinski definition) is 1. The molecule has 0 radical (unpaired) electrons. The van der Waals surface area contributed by atoms with Gasteiger partial charge >= 0.3 is 0 Å². The molecular formula is C10H17N3S2. The van der Waals surface area contributed by atoms with Gasteiger partial charge in [-0.2, -0.15) is 16.1 Å². The maximum absolute atomic E-state index is 4.51. The van der Waals surface area contributed by atoms with Gasteiger partial charge in [-0.15, -0.1) is 0 Å². The van der Waals surface area contributed by atoms with Crippen LogP contribution in [0.1, 0.15) is 38.4 Å². The van der Waals surface area contributed by atoms with E-state index in [1.165, 1.54) is 30.1 Å². The summed E-state index contributed by atoms with van der Waals surface area (Å²) in [5.41, 5.74) is 0. The third-order valence-electron chi connectivity index (χ3n) is 2.33. The van der Waals surface area contributed by atoms with Gasteiger partial charge in [0.2, 0.25) is 5.13 Å². The Morgan fingerprint density at radius 2 is 2.40 bits per heavy atom. The van der Waals surface area contributed by atoms with E-state index < -0.39 is 0 Å². The van der Waals surface area contributed by atoms with Crippen molar-refractivity contribution in [3.05, 3.63) is 5.82 Å². The zero-order valence-electron chi connectivity index (χ0n) is 9.19. The van der Waals surface area contributed by atoms with Crippen molar-refractivity contribution >= 4 is 28.4 Å². The molecule has 0 aromatic carbocycles. The number of hydrogen-bond acceptors (Lipinski definition) is 5. The predicted octanol–water partition coefficient (Wildman–Crippen LogP) is 2.97. The second kappa shape index (κ2) is 5.16. The van der Waals surface area contributed by atoms with Gasteiger partial charge in [0.1, 0.15) is 5.82 Å². The first-order chi connectivity index (χ1) is 7.29. The van der Waals surface area contributed by atoms with Gasteiger partial charge < -0.3 is 5.32 Å². The molecule has 0 amide bonds. The maximum Gasteiger partial charge on any atom is 0.202 e. The average molecular weight is 243 g/mol. The van der Waals surface area contributed by atoms with E-state index in [0.29, 0.717) is 12.0 Å². The number of nitrogens with one attached hydrogen (secondary N) is 1. The minimum Gasteiger partial charge on any atom is -0.357 e. The van der Waals surface area contributed by atoms with E-state index in [1.54, 1.807) is 0 Å². The van der Waals surface area contributed by atoms with Crippen LogP contribution in [0.3, 0.4) is 0 Å². The normalized spacial score (nSPS) is 17.7. The molecule has 1 fully saturated rings. The zero-order chi connectivity index (χ0) is 10.7. The molecule has 3 nitrogen and oxygen atoms in total. The average Bonchev–Trinajstić information content (AvgIpc) is 2.98. The summed E-state index contributed by atoms with van der Waals surface area (Å²) in [5, 5.41) is 4.39. The lowest BCUT2D eigenvalue weighted by atomic mass is 10.4. The van der Waals surface area contributed by atoms with Crippen LogP contribution in [0.5, 0.6) is 0 Å². The van der Waals surface area contributed by atoms with Crippen molar-refractivity contribution in [3.63, 3.8) is 0 Å². The van der Waals surface area contributed by atoms with Crippen LogP contribution in [0.2, 0.25) is 0 Å². The van der Waals surface area contributed by atoms with Crippen molar-refractivity contribution in [2.24, 2.45) is 0 Å². The van der Waals surface area contributed by atoms with Crippen molar-refractivity contribution in [3.8, 4) is 0 Å². The first kappa shape index (κ1) is 11.2. The molecular weight excluding hydrogens is 226 g/mol. The molecule has 5 heteroatoms. The van der Waals surface area contributed by atoms with Crippen molar-refractivity contribution in [2.45, 2.75) is 38.6 Å². The van der Waals surface area contributed by atoms with Crippen LogP contribution in [0.25, 0.3) is 0 Å². The Hall–Kier alpha value is -0.290. The van der Waals surface area contributed by atoms with Crippen LogP contribution in [0.15, 0.2) is 0 Å². The van der Waals surface area contributed by atoms with Gasteiger partial charge in [0, 0.05) is 29.2 Å². The second-order valence-electron chi connectivity index (χ2n) is 3.94. The van der Waals surface area contributed by atoms with Crippen molar-refractivity contribution < 1.29 is 0 Å². The molecule has 15 heavy (non-hydrogen) atoms. The van der Waals surface area contributed by atoms with Crippen LogP contribution in [0, 0.1) is 0 Å². The minimum absolute atomic E-state index is 0.481. The molecule has 0 saturated heterocycles. The Balaban J connectivity index is 1.81. The fourth-order valence-electron chi connectivity index (χ4n) is 1.35. The van der Waals surface area contributed by atoms with Gasteiger partial charge in [0.25, 0.3) is 0 Å². The lowest BCUT2D eigenvalue weighted by molar-refractivity contribution is 0.900. The van der Waals surface area contributed by atoms with E-state index in [0.717, 1.165) is 16.7 Å². The van der Waals surface area contributed by atoms with Gasteiger partial charge in [0.15, 0.2) is 0 Å². The van der Waals surface area contributed by atoms with E-state index in [1.807, 2.05) is 11.8 Å². The van der Waals surface area contributed by atoms with E-state index in [9.17, 15) is 0 Å². The molecule has 2 rings (SSSR count). The molecule has 1 aromatic rings. The van der Waals surface area contributed by atoms with Crippen LogP contribution in [-0.4, -0.2) is 26.9 Å². The lowest BCUT2D eigenvalue weighted by Gasteiger charge is -2.10. The van der Waals surface area contributed by atoms with Crippen LogP contribution in [0.4, 0.5) is 5.13 Å². The van der Waals surface area contributed by atoms with Crippen LogP contribution in [-0.2, 0) is 0 Å². The van der Waals surface area contributed by atoms with Gasteiger partial charge in [-0.05, 0) is 25.5 Å². The van der Waals surface area contributed by atoms with E-state index >= 15 is 0 Å². The highest BCUT2D eigenvalue weighted by Gasteiger charge is 2.27. The summed E-state index contributed by atoms with van der Waals surface area (Å²) in [5.74, 6) is 4.03. The topological polar surface area (TPSA) is 37.8 Å². The van der Waals surface area contributed by atoms with Gasteiger partial charge in [-0.25, -0.2) is 4.98 Å². The number of nitrogens with zero attached hydrogens (tertiary/aromatic N) is 2. The van der Waals surface area contributed by atoms with E-state index in [2.05, 4.69) is 28.5 Å². The molecule has 84 valence electrons. The molecule has 1 saturated carbocycles. The third-order valence-corrected chi connectivity index (χ3v) is 4.13. The Morgan fingerprint density at radius 3 is 3.07 bits per heavy atom. The summed E-state index contributed by atoms with van der Waals surface area (Å²) in [6, 6.07) is 0.481. The SMILES string of the molecule is CCSCC(C)Nc1nc(C2CC2)ns1. The Bertz CT molecular complexity index is 309. The quantitative estimate of drug-likeness (QED) is 0.833. The summed E-state index contributed by atoms with van der Waals surface area (Å²) in [7, 11) is 0. The highest BCUT2D eigenvalue weighted by atomic mass is 32.2. The standard InChI is InChI=1S/C10H17N3S2/c1-3-14-6-7(2)11-10-12-9(13-15-10)8-4-5-8/h7-8H,3-6H2,1-2H3,(H,11,12,13). The lowest BCUT2D eigenvalue weighted by Crippen LogP contribution is -2.17. The molecule has 0 aliphatic heterocycles. The predicted molar refractivity (Wildman–Crippen MR) is 68.0 cm³/mol. The highest BCUT2D eigenvalue weighted by molar-refractivity contribution is 7.99. The first-order valence-corrected chi connectivity index (χ1v) is 7.40. The summed E-state index contributed by atoms with van der Waals surface area (Å²) in [6.45, 7) is 4.38. The molecule has 0 bridgehead atoms. The molecule has 0 spiro atoms. The number of aromatic nitrogens is 2. The monoisotopic (exact) mass is 243 g/mol. The number of thioether (sulfide) groups is 1. The van der Waals surface area contributed by atoms with Crippen molar-refractivity contribution in [1.29, 1.82) is 0 Å². The smallest absolute Gasteiger partial charge is 0.202 e. The minimum atomic E-state index is 0.481. The van der Waals surface area contributed by atoms with E-state index in [-0.39, 0.29) is 0 Å². The molecule has 1 unspecified atom stereocenters. The molecule has 1 atom stereocenters. The molecule has 1 aliphatic carbocycles. The summed E-state index contributed by atoms with van der Waals surface area (Å²) >= 11 is 3.45. The largest absolute Gasteiger partial charge is 0.357 e. The first-order valence-electron chi connectivity index (χ1n) is 5.47. The molecule has 1 aromatic heterocycles. The van der Waals surface area contributed by atoms with E-state index in [4.69, 9.17) is 0 Å². The Kier molecular flexibility index (Phi) is 3.86. The van der Waals surface area contributed by atoms with Gasteiger partial charge in [-0.1, -0.05) is 6.92 Å².